The first-order valence-corrected chi connectivity index (χ1v) is 4.62. The summed E-state index contributed by atoms with van der Waals surface area (Å²) >= 11 is 0. The number of nitrogens with two attached hydrogens (primary N) is 1. The Bertz CT molecular complexity index is 304. The van der Waals surface area contributed by atoms with Gasteiger partial charge < -0.3 is 10.8 Å². The number of hydrogen-bond donors (Lipinski definition) is 2. The summed E-state index contributed by atoms with van der Waals surface area (Å²) in [6, 6.07) is -0.274. The van der Waals surface area contributed by atoms with Gasteiger partial charge in [0.15, 0.2) is 0 Å². The number of aryl methyl sites for hydroxylation is 1. The Morgan fingerprint density at radius 3 is 3.00 bits per heavy atom. The summed E-state index contributed by atoms with van der Waals surface area (Å²) in [4.78, 5) is 0. The van der Waals surface area contributed by atoms with E-state index in [9.17, 15) is 0 Å². The fourth-order valence-corrected chi connectivity index (χ4v) is 1.70. The van der Waals surface area contributed by atoms with Gasteiger partial charge >= 0.3 is 0 Å². The van der Waals surface area contributed by atoms with Gasteiger partial charge in [-0.25, -0.2) is 0 Å². The van der Waals surface area contributed by atoms with Gasteiger partial charge in [0.25, 0.3) is 0 Å². The lowest BCUT2D eigenvalue weighted by Gasteiger charge is -2.09. The highest BCUT2D eigenvalue weighted by Gasteiger charge is 2.30. The summed E-state index contributed by atoms with van der Waals surface area (Å²) in [6.45, 7) is -0.00852. The van der Waals surface area contributed by atoms with Crippen molar-refractivity contribution in [1.29, 1.82) is 0 Å². The average Bonchev–Trinajstić information content (AvgIpc) is 2.89. The molecule has 1 aromatic heterocycles. The van der Waals surface area contributed by atoms with Gasteiger partial charge in [-0.1, -0.05) is 0 Å². The summed E-state index contributed by atoms with van der Waals surface area (Å²) in [5.41, 5.74) is 7.99. The van der Waals surface area contributed by atoms with Gasteiger partial charge in [0, 0.05) is 24.2 Å². The molecule has 1 heterocycles. The van der Waals surface area contributed by atoms with E-state index in [0.717, 1.165) is 5.56 Å². The lowest BCUT2D eigenvalue weighted by molar-refractivity contribution is 0.267. The van der Waals surface area contributed by atoms with E-state index in [-0.39, 0.29) is 12.6 Å². The topological polar surface area (TPSA) is 64.1 Å². The maximum atomic E-state index is 8.96. The Balaban J connectivity index is 2.33. The highest BCUT2D eigenvalue weighted by Crippen LogP contribution is 2.42. The summed E-state index contributed by atoms with van der Waals surface area (Å²) in [7, 11) is 1.93. The molecule has 1 aromatic rings. The van der Waals surface area contributed by atoms with Gasteiger partial charge in [0.2, 0.25) is 0 Å². The van der Waals surface area contributed by atoms with Crippen LogP contribution in [0.4, 0.5) is 0 Å². The van der Waals surface area contributed by atoms with Crippen LogP contribution in [0.3, 0.4) is 0 Å². The highest BCUT2D eigenvalue weighted by molar-refractivity contribution is 5.28. The zero-order valence-electron chi connectivity index (χ0n) is 7.77. The van der Waals surface area contributed by atoms with E-state index in [1.807, 2.05) is 11.7 Å². The maximum Gasteiger partial charge on any atom is 0.0625 e. The Morgan fingerprint density at radius 2 is 2.46 bits per heavy atom. The lowest BCUT2D eigenvalue weighted by atomic mass is 10.1. The van der Waals surface area contributed by atoms with Crippen LogP contribution >= 0.6 is 0 Å². The minimum atomic E-state index is -0.274. The van der Waals surface area contributed by atoms with Crippen molar-refractivity contribution < 1.29 is 5.11 Å². The minimum Gasteiger partial charge on any atom is -0.394 e. The fourth-order valence-electron chi connectivity index (χ4n) is 1.70. The third-order valence-corrected chi connectivity index (χ3v) is 2.57. The smallest absolute Gasteiger partial charge is 0.0625 e. The molecular formula is C9H15N3O. The monoisotopic (exact) mass is 181 g/mol. The van der Waals surface area contributed by atoms with Crippen LogP contribution in [0.1, 0.15) is 36.1 Å². The molecule has 0 radical (unpaired) electrons. The standard InChI is InChI=1S/C9H15N3O/c1-12-9(6-2-3-6)7(4-11-12)8(10)5-13/h4,6,8,13H,2-3,5,10H2,1H3. The quantitative estimate of drug-likeness (QED) is 0.704. The van der Waals surface area contributed by atoms with Crippen molar-refractivity contribution in [3.05, 3.63) is 17.5 Å². The Kier molecular flexibility index (Phi) is 2.09. The number of nitrogens with zero attached hydrogens (tertiary/aromatic N) is 2. The molecule has 0 bridgehead atoms. The molecule has 0 aliphatic heterocycles. The molecule has 1 saturated carbocycles. The zero-order valence-corrected chi connectivity index (χ0v) is 7.77. The van der Waals surface area contributed by atoms with Crippen LogP contribution in [0.25, 0.3) is 0 Å². The van der Waals surface area contributed by atoms with Gasteiger partial charge in [-0.15, -0.1) is 0 Å². The van der Waals surface area contributed by atoms with Crippen LogP contribution in [0.2, 0.25) is 0 Å². The van der Waals surface area contributed by atoms with Crippen molar-refractivity contribution >= 4 is 0 Å². The third kappa shape index (κ3) is 1.47. The highest BCUT2D eigenvalue weighted by atomic mass is 16.3. The normalized spacial score (nSPS) is 19.0. The van der Waals surface area contributed by atoms with Crippen LogP contribution in [0.5, 0.6) is 0 Å². The SMILES string of the molecule is Cn1ncc(C(N)CO)c1C1CC1. The number of aromatic nitrogens is 2. The molecule has 0 spiro atoms. The second kappa shape index (κ2) is 3.12. The predicted octanol–water partition coefficient (Wildman–Crippen LogP) is 0.290. The second-order valence-corrected chi connectivity index (χ2v) is 3.67. The molecule has 3 N–H and O–H groups in total. The van der Waals surface area contributed by atoms with Crippen LogP contribution in [0.15, 0.2) is 6.20 Å². The van der Waals surface area contributed by atoms with Gasteiger partial charge in [0.05, 0.1) is 18.8 Å². The van der Waals surface area contributed by atoms with E-state index in [1.54, 1.807) is 6.20 Å². The van der Waals surface area contributed by atoms with Gasteiger partial charge in [0.1, 0.15) is 0 Å². The van der Waals surface area contributed by atoms with Crippen LogP contribution in [0, 0.1) is 0 Å². The van der Waals surface area contributed by atoms with Gasteiger partial charge in [-0.3, -0.25) is 4.68 Å². The maximum absolute atomic E-state index is 8.96. The molecular weight excluding hydrogens is 166 g/mol. The molecule has 72 valence electrons. The lowest BCUT2D eigenvalue weighted by Crippen LogP contribution is -2.16. The van der Waals surface area contributed by atoms with Crippen molar-refractivity contribution in [2.75, 3.05) is 6.61 Å². The van der Waals surface area contributed by atoms with E-state index >= 15 is 0 Å². The van der Waals surface area contributed by atoms with Crippen molar-refractivity contribution in [2.24, 2.45) is 12.8 Å². The predicted molar refractivity (Wildman–Crippen MR) is 49.2 cm³/mol. The zero-order chi connectivity index (χ0) is 9.42. The molecule has 0 amide bonds. The van der Waals surface area contributed by atoms with E-state index in [2.05, 4.69) is 5.10 Å². The molecule has 13 heavy (non-hydrogen) atoms. The van der Waals surface area contributed by atoms with Crippen molar-refractivity contribution in [2.45, 2.75) is 24.8 Å². The summed E-state index contributed by atoms with van der Waals surface area (Å²) in [5, 5.41) is 13.1. The Labute approximate surface area is 77.4 Å². The second-order valence-electron chi connectivity index (χ2n) is 3.67. The van der Waals surface area contributed by atoms with E-state index < -0.39 is 0 Å². The van der Waals surface area contributed by atoms with E-state index in [0.29, 0.717) is 5.92 Å². The largest absolute Gasteiger partial charge is 0.394 e. The Morgan fingerprint density at radius 1 is 1.77 bits per heavy atom. The van der Waals surface area contributed by atoms with E-state index in [4.69, 9.17) is 10.8 Å². The number of aliphatic hydroxyl groups excluding tert-OH is 1. The van der Waals surface area contributed by atoms with E-state index in [1.165, 1.54) is 18.5 Å². The minimum absolute atomic E-state index is 0.00852. The average molecular weight is 181 g/mol. The molecule has 1 aliphatic rings. The van der Waals surface area contributed by atoms with Crippen molar-refractivity contribution in [3.63, 3.8) is 0 Å². The van der Waals surface area contributed by atoms with Crippen LogP contribution in [-0.4, -0.2) is 21.5 Å². The first-order valence-electron chi connectivity index (χ1n) is 4.62. The van der Waals surface area contributed by atoms with Crippen LogP contribution < -0.4 is 5.73 Å². The molecule has 0 aromatic carbocycles. The molecule has 4 heteroatoms. The van der Waals surface area contributed by atoms with Gasteiger partial charge in [-0.2, -0.15) is 5.10 Å². The molecule has 0 saturated heterocycles. The number of rotatable bonds is 3. The first kappa shape index (κ1) is 8.72. The molecule has 1 fully saturated rings. The van der Waals surface area contributed by atoms with Gasteiger partial charge in [-0.05, 0) is 12.8 Å². The summed E-state index contributed by atoms with van der Waals surface area (Å²) in [5.74, 6) is 0.625. The summed E-state index contributed by atoms with van der Waals surface area (Å²) < 4.78 is 1.88. The molecule has 2 rings (SSSR count). The number of aliphatic hydroxyl groups is 1. The van der Waals surface area contributed by atoms with Crippen molar-refractivity contribution in [1.82, 2.24) is 9.78 Å². The third-order valence-electron chi connectivity index (χ3n) is 2.57. The molecule has 1 aliphatic carbocycles. The number of hydrogen-bond acceptors (Lipinski definition) is 3. The first-order chi connectivity index (χ1) is 6.24. The fraction of sp³-hybridized carbons (Fsp3) is 0.667. The van der Waals surface area contributed by atoms with Crippen molar-refractivity contribution in [3.8, 4) is 0 Å². The summed E-state index contributed by atoms with van der Waals surface area (Å²) in [6.07, 6.45) is 4.23. The molecule has 1 unspecified atom stereocenters. The Hall–Kier alpha value is -0.870. The molecule has 1 atom stereocenters. The van der Waals surface area contributed by atoms with Crippen LogP contribution in [-0.2, 0) is 7.05 Å². The molecule has 4 nitrogen and oxygen atoms in total.